The zero-order valence-electron chi connectivity index (χ0n) is 15.1. The Bertz CT molecular complexity index is 1010. The highest BCUT2D eigenvalue weighted by Gasteiger charge is 2.13. The van der Waals surface area contributed by atoms with Gasteiger partial charge in [-0.1, -0.05) is 12.1 Å². The second kappa shape index (κ2) is 7.83. The molecule has 0 aliphatic carbocycles. The minimum absolute atomic E-state index is 0.254. The van der Waals surface area contributed by atoms with Crippen molar-refractivity contribution in [2.24, 2.45) is 0 Å². The molecule has 4 rings (SSSR count). The van der Waals surface area contributed by atoms with E-state index >= 15 is 0 Å². The first-order valence-corrected chi connectivity index (χ1v) is 8.61. The van der Waals surface area contributed by atoms with E-state index in [0.29, 0.717) is 23.7 Å². The largest absolute Gasteiger partial charge is 0.465 e. The summed E-state index contributed by atoms with van der Waals surface area (Å²) in [5, 5.41) is 6.42. The van der Waals surface area contributed by atoms with Crippen LogP contribution in [0.4, 0.5) is 17.3 Å². The van der Waals surface area contributed by atoms with E-state index in [4.69, 9.17) is 14.2 Å². The molecule has 0 saturated heterocycles. The van der Waals surface area contributed by atoms with Gasteiger partial charge in [0.1, 0.15) is 18.0 Å². The molecule has 28 heavy (non-hydrogen) atoms. The van der Waals surface area contributed by atoms with Gasteiger partial charge in [-0.25, -0.2) is 14.8 Å². The third-order valence-electron chi connectivity index (χ3n) is 4.13. The van der Waals surface area contributed by atoms with Crippen LogP contribution in [0, 0.1) is 0 Å². The lowest BCUT2D eigenvalue weighted by molar-refractivity contribution is 0.0601. The number of methoxy groups -OCH3 is 1. The molecule has 0 bridgehead atoms. The number of nitrogens with zero attached hydrogens (tertiary/aromatic N) is 2. The van der Waals surface area contributed by atoms with Crippen LogP contribution in [0.25, 0.3) is 0 Å². The maximum Gasteiger partial charge on any atom is 0.337 e. The summed E-state index contributed by atoms with van der Waals surface area (Å²) >= 11 is 0. The number of esters is 1. The van der Waals surface area contributed by atoms with E-state index in [2.05, 4.69) is 20.6 Å². The van der Waals surface area contributed by atoms with Crippen LogP contribution >= 0.6 is 0 Å². The molecule has 0 amide bonds. The van der Waals surface area contributed by atoms with Gasteiger partial charge in [-0.2, -0.15) is 0 Å². The van der Waals surface area contributed by atoms with Crippen molar-refractivity contribution in [2.75, 3.05) is 24.5 Å². The van der Waals surface area contributed by atoms with Crippen molar-refractivity contribution in [1.82, 2.24) is 9.97 Å². The van der Waals surface area contributed by atoms with Gasteiger partial charge in [0.15, 0.2) is 11.5 Å². The number of carbonyl (C=O) groups excluding carboxylic acids is 1. The molecule has 1 aliphatic rings. The van der Waals surface area contributed by atoms with E-state index in [1.807, 2.05) is 24.3 Å². The highest BCUT2D eigenvalue weighted by atomic mass is 16.7. The van der Waals surface area contributed by atoms with Crippen molar-refractivity contribution in [3.05, 3.63) is 66.0 Å². The number of aromatic nitrogens is 2. The summed E-state index contributed by atoms with van der Waals surface area (Å²) in [6, 6.07) is 14.6. The van der Waals surface area contributed by atoms with E-state index in [0.717, 1.165) is 22.7 Å². The number of nitrogens with one attached hydrogen (secondary N) is 2. The van der Waals surface area contributed by atoms with E-state index < -0.39 is 5.97 Å². The Morgan fingerprint density at radius 2 is 1.93 bits per heavy atom. The van der Waals surface area contributed by atoms with Crippen LogP contribution in [0.2, 0.25) is 0 Å². The molecule has 0 unspecified atom stereocenters. The van der Waals surface area contributed by atoms with Gasteiger partial charge < -0.3 is 24.8 Å². The van der Waals surface area contributed by atoms with Crippen molar-refractivity contribution in [3.63, 3.8) is 0 Å². The summed E-state index contributed by atoms with van der Waals surface area (Å²) < 4.78 is 15.5. The van der Waals surface area contributed by atoms with Crippen molar-refractivity contribution >= 4 is 23.3 Å². The van der Waals surface area contributed by atoms with Crippen LogP contribution in [-0.4, -0.2) is 29.8 Å². The molecule has 0 saturated carbocycles. The van der Waals surface area contributed by atoms with Gasteiger partial charge in [0.25, 0.3) is 0 Å². The molecule has 0 atom stereocenters. The zero-order chi connectivity index (χ0) is 19.3. The normalized spacial score (nSPS) is 11.8. The quantitative estimate of drug-likeness (QED) is 0.631. The maximum atomic E-state index is 11.7. The smallest absolute Gasteiger partial charge is 0.337 e. The molecule has 8 nitrogen and oxygen atoms in total. The van der Waals surface area contributed by atoms with E-state index in [1.54, 1.807) is 24.3 Å². The van der Waals surface area contributed by atoms with Gasteiger partial charge in [0, 0.05) is 18.3 Å². The second-order valence-electron chi connectivity index (χ2n) is 6.03. The number of carbonyl (C=O) groups is 1. The number of rotatable bonds is 6. The summed E-state index contributed by atoms with van der Waals surface area (Å²) in [6.45, 7) is 0.829. The molecule has 142 valence electrons. The van der Waals surface area contributed by atoms with Crippen LogP contribution < -0.4 is 20.1 Å². The number of fused-ring (bicyclic) bond motifs is 1. The third-order valence-corrected chi connectivity index (χ3v) is 4.13. The summed E-state index contributed by atoms with van der Waals surface area (Å²) in [5.74, 6) is 2.38. The minimum atomic E-state index is -0.391. The van der Waals surface area contributed by atoms with Gasteiger partial charge in [0.2, 0.25) is 6.79 Å². The third kappa shape index (κ3) is 3.96. The Labute approximate surface area is 161 Å². The SMILES string of the molecule is COC(=O)c1cccc(Nc2cc(NCc3ccc4c(c3)OCO4)ncn2)c1. The lowest BCUT2D eigenvalue weighted by Gasteiger charge is -2.10. The molecule has 2 heterocycles. The molecule has 0 fully saturated rings. The fraction of sp³-hybridized carbons (Fsp3) is 0.150. The van der Waals surface area contributed by atoms with Crippen LogP contribution in [-0.2, 0) is 11.3 Å². The van der Waals surface area contributed by atoms with Crippen molar-refractivity contribution in [1.29, 1.82) is 0 Å². The minimum Gasteiger partial charge on any atom is -0.465 e. The molecular weight excluding hydrogens is 360 g/mol. The summed E-state index contributed by atoms with van der Waals surface area (Å²) in [6.07, 6.45) is 1.47. The Morgan fingerprint density at radius 3 is 2.82 bits per heavy atom. The monoisotopic (exact) mass is 378 g/mol. The molecule has 0 spiro atoms. The average Bonchev–Trinajstić information content (AvgIpc) is 3.20. The maximum absolute atomic E-state index is 11.7. The topological polar surface area (TPSA) is 94.6 Å². The molecule has 2 N–H and O–H groups in total. The lowest BCUT2D eigenvalue weighted by Crippen LogP contribution is -2.04. The van der Waals surface area contributed by atoms with E-state index in [-0.39, 0.29) is 6.79 Å². The predicted molar refractivity (Wildman–Crippen MR) is 103 cm³/mol. The van der Waals surface area contributed by atoms with Crippen LogP contribution in [0.15, 0.2) is 54.9 Å². The number of ether oxygens (including phenoxy) is 3. The van der Waals surface area contributed by atoms with Crippen LogP contribution in [0.1, 0.15) is 15.9 Å². The molecule has 1 aromatic heterocycles. The van der Waals surface area contributed by atoms with Gasteiger partial charge in [-0.3, -0.25) is 0 Å². The number of hydrogen-bond acceptors (Lipinski definition) is 8. The van der Waals surface area contributed by atoms with Crippen molar-refractivity contribution in [3.8, 4) is 11.5 Å². The standard InChI is InChI=1S/C20H18N4O4/c1-26-20(25)14-3-2-4-15(8-14)24-19-9-18(22-11-23-19)21-10-13-5-6-16-17(7-13)28-12-27-16/h2-9,11H,10,12H2,1H3,(H2,21,22,23,24). The molecule has 8 heteroatoms. The molecule has 0 radical (unpaired) electrons. The zero-order valence-corrected chi connectivity index (χ0v) is 15.1. The fourth-order valence-corrected chi connectivity index (χ4v) is 2.76. The Balaban J connectivity index is 1.42. The Kier molecular flexibility index (Phi) is 4.92. The summed E-state index contributed by atoms with van der Waals surface area (Å²) in [7, 11) is 1.35. The van der Waals surface area contributed by atoms with Gasteiger partial charge >= 0.3 is 5.97 Å². The first-order valence-electron chi connectivity index (χ1n) is 8.61. The number of hydrogen-bond donors (Lipinski definition) is 2. The summed E-state index contributed by atoms with van der Waals surface area (Å²) in [4.78, 5) is 20.1. The highest BCUT2D eigenvalue weighted by Crippen LogP contribution is 2.32. The molecule has 3 aromatic rings. The highest BCUT2D eigenvalue weighted by molar-refractivity contribution is 5.90. The fourth-order valence-electron chi connectivity index (χ4n) is 2.76. The second-order valence-corrected chi connectivity index (χ2v) is 6.03. The van der Waals surface area contributed by atoms with Crippen LogP contribution in [0.3, 0.4) is 0 Å². The number of benzene rings is 2. The first kappa shape index (κ1) is 17.6. The van der Waals surface area contributed by atoms with E-state index in [9.17, 15) is 4.79 Å². The predicted octanol–water partition coefficient (Wildman–Crippen LogP) is 3.35. The van der Waals surface area contributed by atoms with Gasteiger partial charge in [0.05, 0.1) is 12.7 Å². The molecular formula is C20H18N4O4. The van der Waals surface area contributed by atoms with Crippen molar-refractivity contribution < 1.29 is 19.0 Å². The molecule has 1 aliphatic heterocycles. The Morgan fingerprint density at radius 1 is 1.07 bits per heavy atom. The van der Waals surface area contributed by atoms with Crippen molar-refractivity contribution in [2.45, 2.75) is 6.54 Å². The van der Waals surface area contributed by atoms with Gasteiger partial charge in [-0.05, 0) is 35.9 Å². The Hall–Kier alpha value is -3.81. The van der Waals surface area contributed by atoms with Crippen LogP contribution in [0.5, 0.6) is 11.5 Å². The van der Waals surface area contributed by atoms with Gasteiger partial charge in [-0.15, -0.1) is 0 Å². The summed E-state index contributed by atoms with van der Waals surface area (Å²) in [5.41, 5.74) is 2.23. The average molecular weight is 378 g/mol. The van der Waals surface area contributed by atoms with E-state index in [1.165, 1.54) is 13.4 Å². The molecule has 2 aromatic carbocycles. The lowest BCUT2D eigenvalue weighted by atomic mass is 10.2. The first-order chi connectivity index (χ1) is 13.7. The number of anilines is 3.